The van der Waals surface area contributed by atoms with Crippen molar-refractivity contribution in [2.75, 3.05) is 6.54 Å². The molecule has 0 rings (SSSR count). The first-order valence-electron chi connectivity index (χ1n) is 14.0. The molecule has 0 radical (unpaired) electrons. The van der Waals surface area contributed by atoms with Gasteiger partial charge < -0.3 is 47.0 Å². The molecule has 0 bridgehead atoms. The van der Waals surface area contributed by atoms with Crippen molar-refractivity contribution in [3.63, 3.8) is 0 Å². The van der Waals surface area contributed by atoms with Crippen LogP contribution in [0.15, 0.2) is 12.7 Å². The van der Waals surface area contributed by atoms with Gasteiger partial charge in [-0.3, -0.25) is 24.0 Å². The average molecular weight is 644 g/mol. The summed E-state index contributed by atoms with van der Waals surface area (Å²) in [5, 5.41) is 48.4. The van der Waals surface area contributed by atoms with Crippen LogP contribution in [0.4, 0.5) is 0 Å². The first kappa shape index (κ1) is 40.0. The van der Waals surface area contributed by atoms with Gasteiger partial charge in [0, 0.05) is 39.2 Å². The van der Waals surface area contributed by atoms with Crippen molar-refractivity contribution in [2.24, 2.45) is 0 Å². The van der Waals surface area contributed by atoms with E-state index in [2.05, 4.69) is 33.2 Å². The molecule has 0 heterocycles. The molecule has 0 aromatic rings. The van der Waals surface area contributed by atoms with Crippen molar-refractivity contribution in [1.29, 1.82) is 0 Å². The van der Waals surface area contributed by atoms with Gasteiger partial charge in [-0.15, -0.1) is 6.58 Å². The standard InChI is InChI=1S/C27H41N5O13/c1-3-4-5-14-28-20(34)10-6-17(25(40)41)30-22(36)12-8-19(27(44)45)32-23(37)13-9-18(26(42)43)31-21(35)11-7-16(24(38)39)29-15(2)33/h3,16-19H,1,4-14H2,2H3,(H,28,34)(H,29,33)(H,30,36)(H,31,35)(H,32,37)(H,38,39)(H,40,41)(H,42,43)(H,44,45)/t16-,17-,18-,19-/m0/s1. The minimum atomic E-state index is -1.59. The molecule has 9 N–H and O–H groups in total. The lowest BCUT2D eigenvalue weighted by molar-refractivity contribution is -0.144. The summed E-state index contributed by atoms with van der Waals surface area (Å²) >= 11 is 0. The van der Waals surface area contributed by atoms with Crippen LogP contribution in [0.1, 0.15) is 71.1 Å². The predicted molar refractivity (Wildman–Crippen MR) is 153 cm³/mol. The second kappa shape index (κ2) is 21.6. The normalized spacial score (nSPS) is 13.1. The molecular formula is C27H41N5O13. The lowest BCUT2D eigenvalue weighted by atomic mass is 10.1. The molecule has 0 aliphatic rings. The van der Waals surface area contributed by atoms with Crippen LogP contribution in [0.5, 0.6) is 0 Å². The Morgan fingerprint density at radius 1 is 0.556 bits per heavy atom. The molecule has 0 aromatic heterocycles. The maximum atomic E-state index is 12.3. The van der Waals surface area contributed by atoms with E-state index in [9.17, 15) is 58.5 Å². The summed E-state index contributed by atoms with van der Waals surface area (Å²) in [6, 6.07) is -5.97. The Kier molecular flexibility index (Phi) is 19.2. The van der Waals surface area contributed by atoms with Gasteiger partial charge >= 0.3 is 23.9 Å². The third kappa shape index (κ3) is 19.0. The summed E-state index contributed by atoms with van der Waals surface area (Å²) in [7, 11) is 0. The van der Waals surface area contributed by atoms with E-state index in [0.717, 1.165) is 6.92 Å². The first-order chi connectivity index (χ1) is 21.1. The molecule has 0 fully saturated rings. The summed E-state index contributed by atoms with van der Waals surface area (Å²) in [5.74, 6) is -9.51. The summed E-state index contributed by atoms with van der Waals surface area (Å²) in [6.07, 6.45) is -0.117. The second-order valence-corrected chi connectivity index (χ2v) is 9.90. The van der Waals surface area contributed by atoms with Gasteiger partial charge in [0.25, 0.3) is 0 Å². The molecule has 0 aliphatic carbocycles. The van der Waals surface area contributed by atoms with Gasteiger partial charge in [0.15, 0.2) is 0 Å². The number of allylic oxidation sites excluding steroid dienone is 1. The van der Waals surface area contributed by atoms with Crippen LogP contribution in [0.25, 0.3) is 0 Å². The third-order valence-electron chi connectivity index (χ3n) is 6.12. The molecule has 0 spiro atoms. The first-order valence-corrected chi connectivity index (χ1v) is 14.0. The molecule has 0 unspecified atom stereocenters. The van der Waals surface area contributed by atoms with E-state index in [4.69, 9.17) is 5.11 Å². The Balaban J connectivity index is 4.85. The fourth-order valence-corrected chi connectivity index (χ4v) is 3.74. The average Bonchev–Trinajstić information content (AvgIpc) is 2.94. The number of amides is 5. The molecule has 4 atom stereocenters. The third-order valence-corrected chi connectivity index (χ3v) is 6.12. The van der Waals surface area contributed by atoms with E-state index >= 15 is 0 Å². The van der Waals surface area contributed by atoms with Gasteiger partial charge in [0.05, 0.1) is 0 Å². The predicted octanol–water partition coefficient (Wildman–Crippen LogP) is -1.51. The largest absolute Gasteiger partial charge is 0.480 e. The highest BCUT2D eigenvalue weighted by Crippen LogP contribution is 2.06. The Morgan fingerprint density at radius 2 is 0.867 bits per heavy atom. The maximum absolute atomic E-state index is 12.3. The highest BCUT2D eigenvalue weighted by atomic mass is 16.4. The van der Waals surface area contributed by atoms with Crippen molar-refractivity contribution in [2.45, 2.75) is 95.3 Å². The van der Waals surface area contributed by atoms with Crippen LogP contribution in [-0.2, 0) is 43.2 Å². The van der Waals surface area contributed by atoms with Crippen LogP contribution >= 0.6 is 0 Å². The molecule has 252 valence electrons. The van der Waals surface area contributed by atoms with Gasteiger partial charge in [0.1, 0.15) is 24.2 Å². The van der Waals surface area contributed by atoms with E-state index < -0.39 is 110 Å². The van der Waals surface area contributed by atoms with Gasteiger partial charge in [-0.1, -0.05) is 6.08 Å². The lowest BCUT2D eigenvalue weighted by Crippen LogP contribution is -2.45. The molecule has 18 nitrogen and oxygen atoms in total. The number of nitrogens with one attached hydrogen (secondary N) is 5. The summed E-state index contributed by atoms with van der Waals surface area (Å²) in [4.78, 5) is 105. The van der Waals surface area contributed by atoms with Crippen molar-refractivity contribution in [1.82, 2.24) is 26.6 Å². The minimum Gasteiger partial charge on any atom is -0.480 e. The highest BCUT2D eigenvalue weighted by molar-refractivity contribution is 5.88. The monoisotopic (exact) mass is 643 g/mol. The Labute approximate surface area is 258 Å². The number of hydrogen-bond acceptors (Lipinski definition) is 9. The number of aliphatic carboxylic acids is 4. The number of hydrogen-bond donors (Lipinski definition) is 9. The van der Waals surface area contributed by atoms with E-state index in [1.54, 1.807) is 6.08 Å². The zero-order valence-corrected chi connectivity index (χ0v) is 24.8. The van der Waals surface area contributed by atoms with Crippen molar-refractivity contribution < 1.29 is 63.6 Å². The van der Waals surface area contributed by atoms with Crippen molar-refractivity contribution in [3.05, 3.63) is 12.7 Å². The molecule has 0 saturated heterocycles. The number of carbonyl (C=O) groups is 9. The van der Waals surface area contributed by atoms with Gasteiger partial charge in [-0.25, -0.2) is 19.2 Å². The zero-order chi connectivity index (χ0) is 34.5. The molecule has 18 heteroatoms. The SMILES string of the molecule is C=CCCCNC(=O)CC[C@H](NC(=O)CC[C@H](NC(=O)CC[C@H](NC(=O)CC[C@H](NC(C)=O)C(=O)O)C(=O)O)C(=O)O)C(=O)O. The smallest absolute Gasteiger partial charge is 0.326 e. The fourth-order valence-electron chi connectivity index (χ4n) is 3.74. The number of carboxylic acids is 4. The second-order valence-electron chi connectivity index (χ2n) is 9.90. The van der Waals surface area contributed by atoms with Gasteiger partial charge in [-0.05, 0) is 38.5 Å². The van der Waals surface area contributed by atoms with Crippen LogP contribution in [0.2, 0.25) is 0 Å². The van der Waals surface area contributed by atoms with Crippen LogP contribution < -0.4 is 26.6 Å². The van der Waals surface area contributed by atoms with Gasteiger partial charge in [-0.2, -0.15) is 0 Å². The molecule has 5 amide bonds. The van der Waals surface area contributed by atoms with Crippen LogP contribution in [0, 0.1) is 0 Å². The van der Waals surface area contributed by atoms with Crippen LogP contribution in [-0.4, -0.2) is 105 Å². The minimum absolute atomic E-state index is 0.184. The van der Waals surface area contributed by atoms with Gasteiger partial charge in [0.2, 0.25) is 29.5 Å². The Hall–Kier alpha value is -5.03. The molecule has 0 saturated carbocycles. The van der Waals surface area contributed by atoms with E-state index in [1.165, 1.54) is 0 Å². The van der Waals surface area contributed by atoms with Crippen molar-refractivity contribution in [3.8, 4) is 0 Å². The van der Waals surface area contributed by atoms with E-state index in [-0.39, 0.29) is 19.3 Å². The van der Waals surface area contributed by atoms with Crippen LogP contribution in [0.3, 0.4) is 0 Å². The maximum Gasteiger partial charge on any atom is 0.326 e. The number of carboxylic acid groups (broad SMARTS) is 4. The summed E-state index contributed by atoms with van der Waals surface area (Å²) in [6.45, 7) is 5.01. The van der Waals surface area contributed by atoms with E-state index in [1.807, 2.05) is 0 Å². The van der Waals surface area contributed by atoms with Crippen molar-refractivity contribution >= 4 is 53.4 Å². The topological polar surface area (TPSA) is 295 Å². The number of rotatable bonds is 24. The fraction of sp³-hybridized carbons (Fsp3) is 0.593. The lowest BCUT2D eigenvalue weighted by Gasteiger charge is -2.18. The summed E-state index contributed by atoms with van der Waals surface area (Å²) in [5.41, 5.74) is 0. The quantitative estimate of drug-likeness (QED) is 0.0427. The number of carbonyl (C=O) groups excluding carboxylic acids is 5. The zero-order valence-electron chi connectivity index (χ0n) is 24.8. The molecule has 0 aromatic carbocycles. The Morgan fingerprint density at radius 3 is 1.16 bits per heavy atom. The molecular weight excluding hydrogens is 602 g/mol. The molecule has 45 heavy (non-hydrogen) atoms. The number of unbranched alkanes of at least 4 members (excludes halogenated alkanes) is 1. The Bertz CT molecular complexity index is 1110. The molecule has 0 aliphatic heterocycles. The van der Waals surface area contributed by atoms with E-state index in [0.29, 0.717) is 19.4 Å². The highest BCUT2D eigenvalue weighted by Gasteiger charge is 2.27. The summed E-state index contributed by atoms with van der Waals surface area (Å²) < 4.78 is 0.